The summed E-state index contributed by atoms with van der Waals surface area (Å²) in [6.45, 7) is 4.07. The summed E-state index contributed by atoms with van der Waals surface area (Å²) in [6.07, 6.45) is 0. The fourth-order valence-corrected chi connectivity index (χ4v) is 2.41. The van der Waals surface area contributed by atoms with Crippen LogP contribution >= 0.6 is 0 Å². The highest BCUT2D eigenvalue weighted by Crippen LogP contribution is 2.33. The number of esters is 1. The molecule has 0 atom stereocenters. The maximum absolute atomic E-state index is 11.9. The molecule has 0 fully saturated rings. The molecule has 0 bridgehead atoms. The van der Waals surface area contributed by atoms with Crippen molar-refractivity contribution in [3.63, 3.8) is 0 Å². The number of carbonyl (C=O) groups excluding carboxylic acids is 1. The van der Waals surface area contributed by atoms with Gasteiger partial charge >= 0.3 is 5.97 Å². The number of benzene rings is 2. The number of aromatic nitrogens is 1. The van der Waals surface area contributed by atoms with E-state index in [1.165, 1.54) is 0 Å². The number of H-pyrrole nitrogens is 1. The molecule has 0 saturated carbocycles. The molecule has 5 heteroatoms. The molecule has 0 aliphatic heterocycles. The Kier molecular flexibility index (Phi) is 3.93. The highest BCUT2D eigenvalue weighted by Gasteiger charge is 2.14. The number of anilines is 1. The van der Waals surface area contributed by atoms with Crippen molar-refractivity contribution in [2.24, 2.45) is 0 Å². The number of hydrogen-bond donors (Lipinski definition) is 2. The van der Waals surface area contributed by atoms with E-state index in [0.29, 0.717) is 29.5 Å². The van der Waals surface area contributed by atoms with Gasteiger partial charge < -0.3 is 20.2 Å². The molecule has 1 heterocycles. The highest BCUT2D eigenvalue weighted by molar-refractivity contribution is 5.97. The second kappa shape index (κ2) is 6.04. The van der Waals surface area contributed by atoms with Crippen LogP contribution in [-0.2, 0) is 4.74 Å². The monoisotopic (exact) mass is 310 g/mol. The smallest absolute Gasteiger partial charge is 0.354 e. The summed E-state index contributed by atoms with van der Waals surface area (Å²) < 4.78 is 11.0. The minimum atomic E-state index is -0.385. The van der Waals surface area contributed by atoms with Gasteiger partial charge in [-0.05, 0) is 49.7 Å². The number of carbonyl (C=O) groups is 1. The normalized spacial score (nSPS) is 10.7. The van der Waals surface area contributed by atoms with Gasteiger partial charge in [0.25, 0.3) is 0 Å². The average molecular weight is 310 g/mol. The summed E-state index contributed by atoms with van der Waals surface area (Å²) in [5, 5.41) is 0.801. The van der Waals surface area contributed by atoms with E-state index in [1.54, 1.807) is 13.0 Å². The van der Waals surface area contributed by atoms with Gasteiger partial charge in [0.1, 0.15) is 17.2 Å². The van der Waals surface area contributed by atoms with Crippen molar-refractivity contribution in [2.45, 2.75) is 13.8 Å². The first-order valence-corrected chi connectivity index (χ1v) is 7.41. The summed E-state index contributed by atoms with van der Waals surface area (Å²) in [7, 11) is 0. The number of nitrogen functional groups attached to an aromatic ring is 1. The SMILES string of the molecule is CCOC(=O)c1cc2c(Oc3ccc(C)cc3N)cccc2[nH]1. The van der Waals surface area contributed by atoms with Gasteiger partial charge in [-0.15, -0.1) is 0 Å². The first-order chi connectivity index (χ1) is 11.1. The third kappa shape index (κ3) is 2.99. The van der Waals surface area contributed by atoms with Crippen LogP contribution in [0.15, 0.2) is 42.5 Å². The summed E-state index contributed by atoms with van der Waals surface area (Å²) in [5.41, 5.74) is 8.84. The van der Waals surface area contributed by atoms with Gasteiger partial charge in [-0.1, -0.05) is 12.1 Å². The summed E-state index contributed by atoms with van der Waals surface area (Å²) in [5.74, 6) is 0.830. The molecule has 5 nitrogen and oxygen atoms in total. The molecule has 3 N–H and O–H groups in total. The zero-order valence-corrected chi connectivity index (χ0v) is 13.1. The molecule has 118 valence electrons. The van der Waals surface area contributed by atoms with Gasteiger partial charge in [0, 0.05) is 10.9 Å². The van der Waals surface area contributed by atoms with Crippen LogP contribution in [0.2, 0.25) is 0 Å². The van der Waals surface area contributed by atoms with Crippen LogP contribution in [0.5, 0.6) is 11.5 Å². The second-order valence-electron chi connectivity index (χ2n) is 5.26. The van der Waals surface area contributed by atoms with Crippen molar-refractivity contribution in [1.82, 2.24) is 4.98 Å². The van der Waals surface area contributed by atoms with Crippen LogP contribution in [0.3, 0.4) is 0 Å². The van der Waals surface area contributed by atoms with E-state index in [2.05, 4.69) is 4.98 Å². The average Bonchev–Trinajstić information content (AvgIpc) is 2.95. The molecule has 1 aromatic heterocycles. The zero-order chi connectivity index (χ0) is 16.4. The fraction of sp³-hybridized carbons (Fsp3) is 0.167. The molecule has 0 saturated heterocycles. The number of nitrogens with one attached hydrogen (secondary N) is 1. The molecule has 2 aromatic carbocycles. The van der Waals surface area contributed by atoms with E-state index in [9.17, 15) is 4.79 Å². The van der Waals surface area contributed by atoms with Gasteiger partial charge in [0.2, 0.25) is 0 Å². The molecule has 0 aliphatic carbocycles. The van der Waals surface area contributed by atoms with E-state index >= 15 is 0 Å². The topological polar surface area (TPSA) is 77.3 Å². The number of fused-ring (bicyclic) bond motifs is 1. The molecule has 0 radical (unpaired) electrons. The number of nitrogens with two attached hydrogens (primary N) is 1. The van der Waals surface area contributed by atoms with Gasteiger partial charge in [-0.25, -0.2) is 4.79 Å². The number of aryl methyl sites for hydroxylation is 1. The van der Waals surface area contributed by atoms with Gasteiger partial charge in [-0.2, -0.15) is 0 Å². The molecule has 3 rings (SSSR count). The molecule has 0 unspecified atom stereocenters. The fourth-order valence-electron chi connectivity index (χ4n) is 2.41. The van der Waals surface area contributed by atoms with Crippen molar-refractivity contribution < 1.29 is 14.3 Å². The van der Waals surface area contributed by atoms with Crippen LogP contribution in [0.1, 0.15) is 23.0 Å². The van der Waals surface area contributed by atoms with Crippen LogP contribution in [0.25, 0.3) is 10.9 Å². The number of aromatic amines is 1. The zero-order valence-electron chi connectivity index (χ0n) is 13.1. The number of rotatable bonds is 4. The Hall–Kier alpha value is -2.95. The third-order valence-electron chi connectivity index (χ3n) is 3.50. The first kappa shape index (κ1) is 15.0. The van der Waals surface area contributed by atoms with E-state index in [1.807, 2.05) is 43.3 Å². The molecule has 0 aliphatic rings. The molecule has 0 spiro atoms. The Morgan fingerprint density at radius 3 is 2.74 bits per heavy atom. The van der Waals surface area contributed by atoms with Crippen molar-refractivity contribution in [3.05, 3.63) is 53.7 Å². The highest BCUT2D eigenvalue weighted by atomic mass is 16.5. The summed E-state index contributed by atoms with van der Waals surface area (Å²) in [6, 6.07) is 12.9. The number of hydrogen-bond acceptors (Lipinski definition) is 4. The van der Waals surface area contributed by atoms with Crippen LogP contribution < -0.4 is 10.5 Å². The Morgan fingerprint density at radius 2 is 2.00 bits per heavy atom. The van der Waals surface area contributed by atoms with Crippen LogP contribution in [-0.4, -0.2) is 17.6 Å². The van der Waals surface area contributed by atoms with E-state index < -0.39 is 0 Å². The Bertz CT molecular complexity index is 868. The molecule has 3 aromatic rings. The lowest BCUT2D eigenvalue weighted by Gasteiger charge is -2.10. The number of ether oxygens (including phenoxy) is 2. The van der Waals surface area contributed by atoms with Crippen molar-refractivity contribution >= 4 is 22.6 Å². The van der Waals surface area contributed by atoms with Gasteiger partial charge in [0.15, 0.2) is 0 Å². The maximum atomic E-state index is 11.9. The van der Waals surface area contributed by atoms with Crippen molar-refractivity contribution in [2.75, 3.05) is 12.3 Å². The Balaban J connectivity index is 1.99. The standard InChI is InChI=1S/C18H18N2O3/c1-3-22-18(21)15-10-12-14(20-15)5-4-6-16(12)23-17-8-7-11(2)9-13(17)19/h4-10,20H,3,19H2,1-2H3. The van der Waals surface area contributed by atoms with Gasteiger partial charge in [-0.3, -0.25) is 0 Å². The van der Waals surface area contributed by atoms with E-state index in [4.69, 9.17) is 15.2 Å². The largest absolute Gasteiger partial charge is 0.461 e. The predicted molar refractivity (Wildman–Crippen MR) is 89.9 cm³/mol. The lowest BCUT2D eigenvalue weighted by molar-refractivity contribution is 0.0520. The van der Waals surface area contributed by atoms with Crippen LogP contribution in [0, 0.1) is 6.92 Å². The molecular formula is C18H18N2O3. The summed E-state index contributed by atoms with van der Waals surface area (Å²) in [4.78, 5) is 14.9. The predicted octanol–water partition coefficient (Wildman–Crippen LogP) is 4.03. The minimum Gasteiger partial charge on any atom is -0.461 e. The van der Waals surface area contributed by atoms with Crippen molar-refractivity contribution in [1.29, 1.82) is 0 Å². The van der Waals surface area contributed by atoms with Gasteiger partial charge in [0.05, 0.1) is 12.3 Å². The van der Waals surface area contributed by atoms with E-state index in [0.717, 1.165) is 16.5 Å². The van der Waals surface area contributed by atoms with E-state index in [-0.39, 0.29) is 5.97 Å². The molecule has 0 amide bonds. The third-order valence-corrected chi connectivity index (χ3v) is 3.50. The molecule has 23 heavy (non-hydrogen) atoms. The molecular weight excluding hydrogens is 292 g/mol. The first-order valence-electron chi connectivity index (χ1n) is 7.41. The quantitative estimate of drug-likeness (QED) is 0.563. The van der Waals surface area contributed by atoms with Crippen LogP contribution in [0.4, 0.5) is 5.69 Å². The Morgan fingerprint density at radius 1 is 1.17 bits per heavy atom. The maximum Gasteiger partial charge on any atom is 0.354 e. The second-order valence-corrected chi connectivity index (χ2v) is 5.26. The summed E-state index contributed by atoms with van der Waals surface area (Å²) >= 11 is 0. The lowest BCUT2D eigenvalue weighted by atomic mass is 10.2. The van der Waals surface area contributed by atoms with Crippen molar-refractivity contribution in [3.8, 4) is 11.5 Å². The minimum absolute atomic E-state index is 0.331. The Labute approximate surface area is 134 Å². The lowest BCUT2D eigenvalue weighted by Crippen LogP contribution is -2.04.